The van der Waals surface area contributed by atoms with Gasteiger partial charge in [-0.1, -0.05) is 24.3 Å². The van der Waals surface area contributed by atoms with Crippen LogP contribution in [-0.4, -0.2) is 41.3 Å². The lowest BCUT2D eigenvalue weighted by Crippen LogP contribution is -2.37. The molecule has 1 saturated carbocycles. The molecule has 7 heteroatoms. The molecule has 4 rings (SSSR count). The molecule has 3 N–H and O–H groups in total. The molecule has 0 spiro atoms. The standard InChI is InChI=1S/C23H28FN5O/c1-29(2)22-18-7-3-4-9-20(18)27-23(28-22)26-17-12-10-16(11-13-17)25-14-15-6-5-8-19(24)21(15)30/h3-9,16-17,25,30H,10-14H2,1-2H3,(H,26,27,28). The number of nitrogens with zero attached hydrogens (tertiary/aromatic N) is 3. The Hall–Kier alpha value is -2.93. The number of rotatable bonds is 6. The lowest BCUT2D eigenvalue weighted by Gasteiger charge is -2.30. The van der Waals surface area contributed by atoms with Gasteiger partial charge in [0, 0.05) is 43.7 Å². The minimum absolute atomic E-state index is 0.259. The molecule has 0 amide bonds. The number of phenolic OH excluding ortho intramolecular Hbond substituents is 1. The summed E-state index contributed by atoms with van der Waals surface area (Å²) in [7, 11) is 3.98. The molecule has 6 nitrogen and oxygen atoms in total. The number of phenols is 1. The molecule has 1 aliphatic rings. The first-order chi connectivity index (χ1) is 14.5. The molecule has 2 aromatic carbocycles. The van der Waals surface area contributed by atoms with Crippen molar-refractivity contribution in [2.24, 2.45) is 0 Å². The summed E-state index contributed by atoms with van der Waals surface area (Å²) in [5, 5.41) is 17.8. The van der Waals surface area contributed by atoms with E-state index in [1.807, 2.05) is 43.3 Å². The number of para-hydroxylation sites is 2. The summed E-state index contributed by atoms with van der Waals surface area (Å²) in [5.41, 5.74) is 1.53. The van der Waals surface area contributed by atoms with Crippen LogP contribution in [0.2, 0.25) is 0 Å². The van der Waals surface area contributed by atoms with E-state index in [-0.39, 0.29) is 5.75 Å². The lowest BCUT2D eigenvalue weighted by molar-refractivity contribution is 0.348. The number of hydrogen-bond acceptors (Lipinski definition) is 6. The zero-order valence-electron chi connectivity index (χ0n) is 17.4. The van der Waals surface area contributed by atoms with Gasteiger partial charge in [-0.05, 0) is 43.9 Å². The van der Waals surface area contributed by atoms with Crippen molar-refractivity contribution in [2.75, 3.05) is 24.3 Å². The van der Waals surface area contributed by atoms with E-state index in [0.717, 1.165) is 42.4 Å². The molecular formula is C23H28FN5O. The zero-order valence-corrected chi connectivity index (χ0v) is 17.4. The van der Waals surface area contributed by atoms with Gasteiger partial charge in [0.2, 0.25) is 5.95 Å². The topological polar surface area (TPSA) is 73.3 Å². The first-order valence-corrected chi connectivity index (χ1v) is 10.4. The molecule has 0 saturated heterocycles. The molecular weight excluding hydrogens is 381 g/mol. The predicted octanol–water partition coefficient (Wildman–Crippen LogP) is 4.05. The normalized spacial score (nSPS) is 19.0. The van der Waals surface area contributed by atoms with Crippen LogP contribution in [0.25, 0.3) is 10.9 Å². The van der Waals surface area contributed by atoms with Crippen LogP contribution in [0, 0.1) is 5.82 Å². The highest BCUT2D eigenvalue weighted by Gasteiger charge is 2.22. The minimum atomic E-state index is -0.574. The van der Waals surface area contributed by atoms with Crippen LogP contribution in [0.3, 0.4) is 0 Å². The van der Waals surface area contributed by atoms with E-state index in [0.29, 0.717) is 30.1 Å². The predicted molar refractivity (Wildman–Crippen MR) is 118 cm³/mol. The van der Waals surface area contributed by atoms with Crippen molar-refractivity contribution in [1.82, 2.24) is 15.3 Å². The van der Waals surface area contributed by atoms with E-state index >= 15 is 0 Å². The van der Waals surface area contributed by atoms with E-state index in [1.54, 1.807) is 12.1 Å². The van der Waals surface area contributed by atoms with E-state index in [9.17, 15) is 9.50 Å². The van der Waals surface area contributed by atoms with Gasteiger partial charge in [-0.3, -0.25) is 0 Å². The first kappa shape index (κ1) is 20.3. The van der Waals surface area contributed by atoms with Crippen LogP contribution >= 0.6 is 0 Å². The van der Waals surface area contributed by atoms with Crippen molar-refractivity contribution in [2.45, 2.75) is 44.3 Å². The van der Waals surface area contributed by atoms with Crippen LogP contribution in [-0.2, 0) is 6.54 Å². The Labute approximate surface area is 176 Å². The molecule has 3 aromatic rings. The molecule has 1 fully saturated rings. The molecule has 0 atom stereocenters. The summed E-state index contributed by atoms with van der Waals surface area (Å²) in [4.78, 5) is 11.4. The molecule has 158 valence electrons. The van der Waals surface area contributed by atoms with E-state index in [1.165, 1.54) is 6.07 Å². The smallest absolute Gasteiger partial charge is 0.225 e. The van der Waals surface area contributed by atoms with Gasteiger partial charge in [0.1, 0.15) is 5.82 Å². The Kier molecular flexibility index (Phi) is 5.99. The Bertz CT molecular complexity index is 1020. The van der Waals surface area contributed by atoms with Gasteiger partial charge in [-0.15, -0.1) is 0 Å². The number of benzene rings is 2. The second-order valence-electron chi connectivity index (χ2n) is 8.10. The maximum atomic E-state index is 13.5. The summed E-state index contributed by atoms with van der Waals surface area (Å²) >= 11 is 0. The summed E-state index contributed by atoms with van der Waals surface area (Å²) in [5.74, 6) is 0.743. The van der Waals surface area contributed by atoms with Gasteiger partial charge in [-0.2, -0.15) is 4.98 Å². The third-order valence-electron chi connectivity index (χ3n) is 5.72. The number of fused-ring (bicyclic) bond motifs is 1. The van der Waals surface area contributed by atoms with Gasteiger partial charge in [0.05, 0.1) is 5.52 Å². The quantitative estimate of drug-likeness (QED) is 0.570. The van der Waals surface area contributed by atoms with E-state index < -0.39 is 5.82 Å². The Morgan fingerprint density at radius 3 is 2.50 bits per heavy atom. The number of aromatic hydroxyl groups is 1. The van der Waals surface area contributed by atoms with Crippen LogP contribution in [0.1, 0.15) is 31.2 Å². The molecule has 1 aliphatic carbocycles. The van der Waals surface area contributed by atoms with E-state index in [4.69, 9.17) is 9.97 Å². The highest BCUT2D eigenvalue weighted by Crippen LogP contribution is 2.27. The van der Waals surface area contributed by atoms with Gasteiger partial charge < -0.3 is 20.6 Å². The maximum Gasteiger partial charge on any atom is 0.225 e. The second-order valence-corrected chi connectivity index (χ2v) is 8.10. The van der Waals surface area contributed by atoms with Crippen molar-refractivity contribution in [1.29, 1.82) is 0 Å². The molecule has 1 heterocycles. The zero-order chi connectivity index (χ0) is 21.1. The highest BCUT2D eigenvalue weighted by atomic mass is 19.1. The van der Waals surface area contributed by atoms with Crippen molar-refractivity contribution in [3.63, 3.8) is 0 Å². The SMILES string of the molecule is CN(C)c1nc(NC2CCC(NCc3cccc(F)c3O)CC2)nc2ccccc12. The van der Waals surface area contributed by atoms with Crippen LogP contribution in [0.15, 0.2) is 42.5 Å². The van der Waals surface area contributed by atoms with Crippen LogP contribution in [0.5, 0.6) is 5.75 Å². The van der Waals surface area contributed by atoms with Crippen molar-refractivity contribution in [3.05, 3.63) is 53.8 Å². The minimum Gasteiger partial charge on any atom is -0.505 e. The van der Waals surface area contributed by atoms with Crippen molar-refractivity contribution < 1.29 is 9.50 Å². The van der Waals surface area contributed by atoms with Crippen molar-refractivity contribution >= 4 is 22.7 Å². The van der Waals surface area contributed by atoms with E-state index in [2.05, 4.69) is 10.6 Å². The molecule has 1 aromatic heterocycles. The molecule has 30 heavy (non-hydrogen) atoms. The van der Waals surface area contributed by atoms with Gasteiger partial charge >= 0.3 is 0 Å². The molecule has 0 radical (unpaired) electrons. The average Bonchev–Trinajstić information content (AvgIpc) is 2.75. The Balaban J connectivity index is 1.35. The monoisotopic (exact) mass is 409 g/mol. The second kappa shape index (κ2) is 8.83. The van der Waals surface area contributed by atoms with Gasteiger partial charge in [-0.25, -0.2) is 9.37 Å². The Morgan fingerprint density at radius 2 is 1.73 bits per heavy atom. The summed E-state index contributed by atoms with van der Waals surface area (Å²) in [6.45, 7) is 0.465. The number of halogens is 1. The number of nitrogens with one attached hydrogen (secondary N) is 2. The average molecular weight is 410 g/mol. The Morgan fingerprint density at radius 1 is 1.00 bits per heavy atom. The van der Waals surface area contributed by atoms with Crippen molar-refractivity contribution in [3.8, 4) is 5.75 Å². The molecule has 0 unspecified atom stereocenters. The largest absolute Gasteiger partial charge is 0.505 e. The summed E-state index contributed by atoms with van der Waals surface area (Å²) < 4.78 is 13.5. The third-order valence-corrected chi connectivity index (χ3v) is 5.72. The number of aromatic nitrogens is 2. The number of hydrogen-bond donors (Lipinski definition) is 3. The summed E-state index contributed by atoms with van der Waals surface area (Å²) in [6, 6.07) is 13.4. The molecule has 0 aliphatic heterocycles. The fraction of sp³-hybridized carbons (Fsp3) is 0.391. The lowest BCUT2D eigenvalue weighted by atomic mass is 9.91. The fourth-order valence-corrected chi connectivity index (χ4v) is 4.05. The summed E-state index contributed by atoms with van der Waals surface area (Å²) in [6.07, 6.45) is 4.00. The van der Waals surface area contributed by atoms with Crippen LogP contribution < -0.4 is 15.5 Å². The first-order valence-electron chi connectivity index (χ1n) is 10.4. The van der Waals surface area contributed by atoms with Gasteiger partial charge in [0.15, 0.2) is 11.6 Å². The van der Waals surface area contributed by atoms with Crippen LogP contribution in [0.4, 0.5) is 16.2 Å². The number of anilines is 2. The highest BCUT2D eigenvalue weighted by molar-refractivity contribution is 5.90. The molecule has 0 bridgehead atoms. The maximum absolute atomic E-state index is 13.5. The third kappa shape index (κ3) is 4.46. The fourth-order valence-electron chi connectivity index (χ4n) is 4.05. The van der Waals surface area contributed by atoms with Gasteiger partial charge in [0.25, 0.3) is 0 Å².